The third-order valence-electron chi connectivity index (χ3n) is 8.46. The number of anilines is 1. The number of halogens is 1. The smallest absolute Gasteiger partial charge is 0.250 e. The van der Waals surface area contributed by atoms with E-state index in [1.807, 2.05) is 23.9 Å². The van der Waals surface area contributed by atoms with E-state index in [9.17, 15) is 9.18 Å². The molecule has 2 aliphatic heterocycles. The second kappa shape index (κ2) is 11.1. The molecular formula is C29H40FN5O3. The van der Waals surface area contributed by atoms with Gasteiger partial charge in [0, 0.05) is 62.6 Å². The maximum Gasteiger partial charge on any atom is 0.250 e. The van der Waals surface area contributed by atoms with E-state index in [-0.39, 0.29) is 35.7 Å². The Hall–Kier alpha value is -2.91. The monoisotopic (exact) mass is 525 g/mol. The van der Waals surface area contributed by atoms with Crippen LogP contribution in [0.15, 0.2) is 35.1 Å². The Morgan fingerprint density at radius 3 is 2.61 bits per heavy atom. The van der Waals surface area contributed by atoms with E-state index >= 15 is 0 Å². The van der Waals surface area contributed by atoms with Gasteiger partial charge in [-0.25, -0.2) is 9.07 Å². The molecule has 0 aliphatic carbocycles. The highest BCUT2D eigenvalue weighted by atomic mass is 19.1. The number of ether oxygens (including phenoxy) is 2. The fourth-order valence-electron chi connectivity index (χ4n) is 6.25. The third kappa shape index (κ3) is 4.71. The molecule has 3 aromatic rings. The molecule has 2 saturated heterocycles. The van der Waals surface area contributed by atoms with Crippen molar-refractivity contribution in [3.8, 4) is 5.75 Å². The fourth-order valence-corrected chi connectivity index (χ4v) is 6.25. The molecule has 8 nitrogen and oxygen atoms in total. The zero-order valence-electron chi connectivity index (χ0n) is 23.2. The minimum absolute atomic E-state index is 0.0429. The third-order valence-corrected chi connectivity index (χ3v) is 8.46. The first-order valence-corrected chi connectivity index (χ1v) is 13.9. The first-order valence-electron chi connectivity index (χ1n) is 13.9. The Balaban J connectivity index is 1.57. The second-order valence-corrected chi connectivity index (χ2v) is 10.6. The van der Waals surface area contributed by atoms with Gasteiger partial charge in [-0.15, -0.1) is 0 Å². The van der Waals surface area contributed by atoms with Crippen molar-refractivity contribution in [2.24, 2.45) is 7.05 Å². The highest BCUT2D eigenvalue weighted by molar-refractivity contribution is 5.87. The van der Waals surface area contributed by atoms with Gasteiger partial charge in [-0.2, -0.15) is 5.10 Å². The number of methoxy groups -OCH3 is 1. The number of hydrogen-bond acceptors (Lipinski definition) is 6. The molecule has 0 bridgehead atoms. The van der Waals surface area contributed by atoms with Crippen LogP contribution < -0.4 is 15.2 Å². The van der Waals surface area contributed by atoms with Crippen LogP contribution in [0.5, 0.6) is 5.75 Å². The SMILES string of the molecule is CC[C@H]1CN(C(C)c2ccc(F)cc2OC)[C@H](CC)CN1c1c2c(ccc(=O)n2C)nn1C1CCCCO1. The standard InChI is InChI=1S/C29H40FN5O3/c1-6-21-18-34(22(7-2)17-33(21)19(3)23-12-11-20(30)16-25(23)37-5)29-28-24(13-14-26(36)32(28)4)31-35(29)27-10-8-9-15-38-27/h11-14,16,19,21-22,27H,6-10,15,17-18H2,1-5H3/t19?,21-,22+,27?/m1/s1. The molecule has 2 unspecified atom stereocenters. The number of benzene rings is 1. The van der Waals surface area contributed by atoms with E-state index in [4.69, 9.17) is 14.6 Å². The maximum atomic E-state index is 13.9. The van der Waals surface area contributed by atoms with Crippen LogP contribution >= 0.6 is 0 Å². The summed E-state index contributed by atoms with van der Waals surface area (Å²) < 4.78 is 29.5. The molecule has 4 heterocycles. The molecule has 0 N–H and O–H groups in total. The predicted octanol–water partition coefficient (Wildman–Crippen LogP) is 5.02. The van der Waals surface area contributed by atoms with E-state index in [1.165, 1.54) is 12.1 Å². The van der Waals surface area contributed by atoms with Crippen molar-refractivity contribution in [1.29, 1.82) is 0 Å². The molecule has 2 aliphatic rings. The van der Waals surface area contributed by atoms with Gasteiger partial charge in [-0.1, -0.05) is 19.9 Å². The lowest BCUT2D eigenvalue weighted by Gasteiger charge is -2.49. The normalized spacial score (nSPS) is 23.6. The summed E-state index contributed by atoms with van der Waals surface area (Å²) in [5.41, 5.74) is 2.62. The number of piperazine rings is 1. The van der Waals surface area contributed by atoms with Gasteiger partial charge in [-0.3, -0.25) is 9.69 Å². The number of pyridine rings is 1. The van der Waals surface area contributed by atoms with Gasteiger partial charge < -0.3 is 18.9 Å². The minimum Gasteiger partial charge on any atom is -0.496 e. The number of hydrogen-bond donors (Lipinski definition) is 0. The lowest BCUT2D eigenvalue weighted by atomic mass is 9.96. The van der Waals surface area contributed by atoms with E-state index in [1.54, 1.807) is 17.7 Å². The van der Waals surface area contributed by atoms with Crippen LogP contribution in [0.2, 0.25) is 0 Å². The molecule has 4 atom stereocenters. The Morgan fingerprint density at radius 2 is 1.92 bits per heavy atom. The molecule has 0 amide bonds. The van der Waals surface area contributed by atoms with Crippen molar-refractivity contribution in [1.82, 2.24) is 19.2 Å². The number of nitrogens with zero attached hydrogens (tertiary/aromatic N) is 5. The van der Waals surface area contributed by atoms with Gasteiger partial charge in [0.2, 0.25) is 0 Å². The van der Waals surface area contributed by atoms with Gasteiger partial charge in [0.25, 0.3) is 5.56 Å². The minimum atomic E-state index is -0.295. The van der Waals surface area contributed by atoms with Gasteiger partial charge >= 0.3 is 0 Å². The van der Waals surface area contributed by atoms with Crippen LogP contribution in [-0.2, 0) is 11.8 Å². The molecule has 5 rings (SSSR count). The topological polar surface area (TPSA) is 64.8 Å². The number of fused-ring (bicyclic) bond motifs is 1. The molecule has 1 aromatic carbocycles. The number of aryl methyl sites for hydroxylation is 1. The molecule has 206 valence electrons. The van der Waals surface area contributed by atoms with Crippen LogP contribution in [0.3, 0.4) is 0 Å². The molecule has 2 fully saturated rings. The van der Waals surface area contributed by atoms with Crippen LogP contribution in [0.25, 0.3) is 11.0 Å². The zero-order chi connectivity index (χ0) is 27.0. The van der Waals surface area contributed by atoms with E-state index < -0.39 is 0 Å². The van der Waals surface area contributed by atoms with E-state index in [0.717, 1.165) is 74.2 Å². The summed E-state index contributed by atoms with van der Waals surface area (Å²) in [7, 11) is 3.43. The Kier molecular flexibility index (Phi) is 7.77. The van der Waals surface area contributed by atoms with Gasteiger partial charge in [0.05, 0.1) is 7.11 Å². The summed E-state index contributed by atoms with van der Waals surface area (Å²) in [6, 6.07) is 8.74. The lowest BCUT2D eigenvalue weighted by Crippen LogP contribution is -2.59. The van der Waals surface area contributed by atoms with Crippen LogP contribution in [0.1, 0.15) is 70.7 Å². The van der Waals surface area contributed by atoms with E-state index in [0.29, 0.717) is 5.75 Å². The Morgan fingerprint density at radius 1 is 1.13 bits per heavy atom. The van der Waals surface area contributed by atoms with Crippen molar-refractivity contribution in [3.05, 3.63) is 52.1 Å². The largest absolute Gasteiger partial charge is 0.496 e. The highest BCUT2D eigenvalue weighted by Crippen LogP contribution is 2.39. The Labute approximate surface area is 223 Å². The predicted molar refractivity (Wildman–Crippen MR) is 147 cm³/mol. The fraction of sp³-hybridized carbons (Fsp3) is 0.586. The molecule has 0 spiro atoms. The average molecular weight is 526 g/mol. The van der Waals surface area contributed by atoms with Crippen molar-refractivity contribution in [2.75, 3.05) is 31.7 Å². The number of aromatic nitrogens is 3. The first-order chi connectivity index (χ1) is 18.4. The molecule has 0 radical (unpaired) electrons. The second-order valence-electron chi connectivity index (χ2n) is 10.6. The summed E-state index contributed by atoms with van der Waals surface area (Å²) in [4.78, 5) is 17.7. The summed E-state index contributed by atoms with van der Waals surface area (Å²) in [6.07, 6.45) is 4.80. The highest BCUT2D eigenvalue weighted by Gasteiger charge is 2.39. The molecule has 9 heteroatoms. The molecule has 38 heavy (non-hydrogen) atoms. The molecule has 0 saturated carbocycles. The van der Waals surface area contributed by atoms with Crippen molar-refractivity contribution < 1.29 is 13.9 Å². The van der Waals surface area contributed by atoms with Crippen molar-refractivity contribution in [2.45, 2.75) is 77.2 Å². The van der Waals surface area contributed by atoms with Crippen molar-refractivity contribution >= 4 is 16.9 Å². The molecule has 2 aromatic heterocycles. The van der Waals surface area contributed by atoms with E-state index in [2.05, 4.69) is 30.6 Å². The molecular weight excluding hydrogens is 485 g/mol. The summed E-state index contributed by atoms with van der Waals surface area (Å²) in [5.74, 6) is 1.26. The first kappa shape index (κ1) is 26.7. The Bertz CT molecular complexity index is 1330. The summed E-state index contributed by atoms with van der Waals surface area (Å²) in [5, 5.41) is 4.99. The number of rotatable bonds is 7. The summed E-state index contributed by atoms with van der Waals surface area (Å²) in [6.45, 7) is 8.95. The van der Waals surface area contributed by atoms with Crippen molar-refractivity contribution in [3.63, 3.8) is 0 Å². The van der Waals surface area contributed by atoms with Crippen LogP contribution in [0, 0.1) is 5.82 Å². The quantitative estimate of drug-likeness (QED) is 0.432. The van der Waals surface area contributed by atoms with Gasteiger partial charge in [0.1, 0.15) is 22.6 Å². The van der Waals surface area contributed by atoms with Gasteiger partial charge in [0.15, 0.2) is 12.0 Å². The lowest BCUT2D eigenvalue weighted by molar-refractivity contribution is -0.0386. The van der Waals surface area contributed by atoms with Crippen LogP contribution in [0.4, 0.5) is 10.2 Å². The van der Waals surface area contributed by atoms with Crippen LogP contribution in [-0.4, -0.2) is 58.1 Å². The van der Waals surface area contributed by atoms with Gasteiger partial charge in [-0.05, 0) is 51.2 Å². The maximum absolute atomic E-state index is 13.9. The zero-order valence-corrected chi connectivity index (χ0v) is 23.2. The average Bonchev–Trinajstić information content (AvgIpc) is 3.34. The summed E-state index contributed by atoms with van der Waals surface area (Å²) >= 11 is 0.